The molecular weight excluding hydrogens is 209 g/mol. The zero-order chi connectivity index (χ0) is 5.86. The third-order valence-corrected chi connectivity index (χ3v) is 0.882. The lowest BCUT2D eigenvalue weighted by atomic mass is 10.4. The van der Waals surface area contributed by atoms with Crippen LogP contribution in [0.3, 0.4) is 0 Å². The molecule has 2 N–H and O–H groups in total. The summed E-state index contributed by atoms with van der Waals surface area (Å²) in [4.78, 5) is 10.2. The fraction of sp³-hybridized carbons (Fsp3) is 0.667. The number of rotatable bonds is 1. The van der Waals surface area contributed by atoms with Crippen molar-refractivity contribution >= 4 is 29.0 Å². The third-order valence-electron chi connectivity index (χ3n) is 0.448. The van der Waals surface area contributed by atoms with E-state index in [-0.39, 0.29) is 5.97 Å². The molecule has 0 aromatic heterocycles. The van der Waals surface area contributed by atoms with Crippen LogP contribution in [0.15, 0.2) is 0 Å². The van der Waals surface area contributed by atoms with Crippen LogP contribution in [-0.2, 0) is 7.86 Å². The van der Waals surface area contributed by atoms with Crippen molar-refractivity contribution in [3.63, 3.8) is 0 Å². The predicted molar refractivity (Wildman–Crippen MR) is 33.8 cm³/mol. The van der Waals surface area contributed by atoms with Gasteiger partial charge in [-0.1, -0.05) is 0 Å². The molecule has 7 heavy (non-hydrogen) atoms. The first-order valence-corrected chi connectivity index (χ1v) is 2.64. The van der Waals surface area contributed by atoms with Gasteiger partial charge in [0.1, 0.15) is 6.04 Å². The van der Waals surface area contributed by atoms with Gasteiger partial charge in [0.15, 0.2) is 23.0 Å². The maximum absolute atomic E-state index is 10.2. The van der Waals surface area contributed by atoms with Gasteiger partial charge in [0.05, 0.1) is 0 Å². The van der Waals surface area contributed by atoms with Crippen LogP contribution in [-0.4, -0.2) is 12.0 Å². The highest BCUT2D eigenvalue weighted by Crippen LogP contribution is 1.88. The number of halogens is 1. The average molecular weight is 215 g/mol. The Hall–Kier alpha value is 0.160. The fourth-order valence-electron chi connectivity index (χ4n) is 0.0703. The van der Waals surface area contributed by atoms with E-state index >= 15 is 0 Å². The lowest BCUT2D eigenvalue weighted by Gasteiger charge is -1.95. The number of hydrogen-bond acceptors (Lipinski definition) is 3. The predicted octanol–water partition coefficient (Wildman–Crippen LogP) is 0.227. The van der Waals surface area contributed by atoms with Crippen LogP contribution in [0.25, 0.3) is 0 Å². The van der Waals surface area contributed by atoms with E-state index in [0.29, 0.717) is 0 Å². The smallest absolute Gasteiger partial charge is 0.332 e. The summed E-state index contributed by atoms with van der Waals surface area (Å²) in [6.45, 7) is 1.57. The normalized spacial score (nSPS) is 13.0. The highest BCUT2D eigenvalue weighted by atomic mass is 127. The summed E-state index contributed by atoms with van der Waals surface area (Å²) in [6, 6.07) is -0.503. The molecule has 0 rings (SSSR count). The van der Waals surface area contributed by atoms with E-state index in [4.69, 9.17) is 5.73 Å². The minimum atomic E-state index is -0.503. The first-order chi connectivity index (χ1) is 3.18. The Kier molecular flexibility index (Phi) is 3.27. The molecule has 4 heteroatoms. The number of carbonyl (C=O) groups is 1. The number of carbonyl (C=O) groups excluding carboxylic acids is 1. The van der Waals surface area contributed by atoms with Gasteiger partial charge in [0, 0.05) is 0 Å². The molecule has 42 valence electrons. The number of nitrogens with two attached hydrogens (primary N) is 1. The van der Waals surface area contributed by atoms with E-state index in [1.165, 1.54) is 23.0 Å². The molecular formula is C3H6INO2. The maximum Gasteiger partial charge on any atom is 0.332 e. The molecule has 0 aromatic rings. The van der Waals surface area contributed by atoms with Gasteiger partial charge in [0.25, 0.3) is 0 Å². The van der Waals surface area contributed by atoms with Crippen molar-refractivity contribution in [2.24, 2.45) is 5.73 Å². The average Bonchev–Trinajstić information content (AvgIpc) is 1.65. The minimum absolute atomic E-state index is 0.388. The monoisotopic (exact) mass is 215 g/mol. The van der Waals surface area contributed by atoms with Crippen LogP contribution in [0.4, 0.5) is 0 Å². The molecule has 0 bridgehead atoms. The van der Waals surface area contributed by atoms with Gasteiger partial charge in [-0.2, -0.15) is 0 Å². The highest BCUT2D eigenvalue weighted by molar-refractivity contribution is 14.1. The van der Waals surface area contributed by atoms with Crippen molar-refractivity contribution < 1.29 is 7.86 Å². The molecule has 1 unspecified atom stereocenters. The van der Waals surface area contributed by atoms with Gasteiger partial charge >= 0.3 is 5.97 Å². The Morgan fingerprint density at radius 3 is 2.43 bits per heavy atom. The standard InChI is InChI=1S/C3H6INO2/c1-2(5)3(6)7-4/h2H,5H2,1H3. The Morgan fingerprint density at radius 2 is 2.43 bits per heavy atom. The quantitative estimate of drug-likeness (QED) is 0.636. The largest absolute Gasteiger partial charge is 0.393 e. The first kappa shape index (κ1) is 7.16. The zero-order valence-corrected chi connectivity index (χ0v) is 6.01. The van der Waals surface area contributed by atoms with E-state index in [0.717, 1.165) is 0 Å². The molecule has 0 aliphatic carbocycles. The van der Waals surface area contributed by atoms with Crippen LogP contribution in [0.5, 0.6) is 0 Å². The first-order valence-electron chi connectivity index (χ1n) is 1.76. The van der Waals surface area contributed by atoms with Crippen molar-refractivity contribution in [2.45, 2.75) is 13.0 Å². The second-order valence-electron chi connectivity index (χ2n) is 1.18. The van der Waals surface area contributed by atoms with Crippen molar-refractivity contribution in [3.8, 4) is 0 Å². The topological polar surface area (TPSA) is 52.3 Å². The lowest BCUT2D eigenvalue weighted by molar-refractivity contribution is -0.132. The summed E-state index contributed by atoms with van der Waals surface area (Å²) in [5.74, 6) is -0.388. The zero-order valence-electron chi connectivity index (χ0n) is 3.85. The molecule has 0 fully saturated rings. The van der Waals surface area contributed by atoms with Gasteiger partial charge in [0.2, 0.25) is 0 Å². The lowest BCUT2D eigenvalue weighted by Crippen LogP contribution is -2.26. The molecule has 0 spiro atoms. The summed E-state index contributed by atoms with van der Waals surface area (Å²) < 4.78 is 4.22. The van der Waals surface area contributed by atoms with Crippen LogP contribution >= 0.6 is 23.0 Å². The van der Waals surface area contributed by atoms with Gasteiger partial charge in [-0.15, -0.1) is 0 Å². The van der Waals surface area contributed by atoms with Gasteiger partial charge in [-0.3, -0.25) is 0 Å². The molecule has 0 saturated heterocycles. The Balaban J connectivity index is 3.35. The molecule has 3 nitrogen and oxygen atoms in total. The fourth-order valence-corrected chi connectivity index (χ4v) is 0.471. The van der Waals surface area contributed by atoms with E-state index in [2.05, 4.69) is 3.07 Å². The minimum Gasteiger partial charge on any atom is -0.393 e. The Morgan fingerprint density at radius 1 is 2.00 bits per heavy atom. The van der Waals surface area contributed by atoms with E-state index < -0.39 is 6.04 Å². The highest BCUT2D eigenvalue weighted by Gasteiger charge is 2.04. The second kappa shape index (κ2) is 3.20. The summed E-state index contributed by atoms with van der Waals surface area (Å²) in [5, 5.41) is 0. The molecule has 0 heterocycles. The summed E-state index contributed by atoms with van der Waals surface area (Å²) in [7, 11) is 0. The molecule has 0 saturated carbocycles. The third kappa shape index (κ3) is 2.81. The van der Waals surface area contributed by atoms with E-state index in [1.54, 1.807) is 6.92 Å². The van der Waals surface area contributed by atoms with Crippen molar-refractivity contribution in [3.05, 3.63) is 0 Å². The molecule has 0 amide bonds. The molecule has 0 radical (unpaired) electrons. The van der Waals surface area contributed by atoms with Crippen molar-refractivity contribution in [2.75, 3.05) is 0 Å². The summed E-state index contributed by atoms with van der Waals surface area (Å²) >= 11 is 1.50. The SMILES string of the molecule is CC(N)C(=O)OI. The van der Waals surface area contributed by atoms with E-state index in [1.807, 2.05) is 0 Å². The Bertz CT molecular complexity index is 73.3. The van der Waals surface area contributed by atoms with E-state index in [9.17, 15) is 4.79 Å². The Labute approximate surface area is 55.9 Å². The van der Waals surface area contributed by atoms with Crippen LogP contribution in [0.1, 0.15) is 6.92 Å². The van der Waals surface area contributed by atoms with Crippen LogP contribution in [0, 0.1) is 0 Å². The molecule has 1 atom stereocenters. The second-order valence-corrected chi connectivity index (χ2v) is 1.63. The van der Waals surface area contributed by atoms with Gasteiger partial charge in [-0.25, -0.2) is 4.79 Å². The van der Waals surface area contributed by atoms with Gasteiger partial charge < -0.3 is 8.80 Å². The molecule has 0 aliphatic rings. The molecule has 0 aromatic carbocycles. The maximum atomic E-state index is 10.2. The number of hydrogen-bond donors (Lipinski definition) is 1. The van der Waals surface area contributed by atoms with Crippen molar-refractivity contribution in [1.29, 1.82) is 0 Å². The summed E-state index contributed by atoms with van der Waals surface area (Å²) in [5.41, 5.74) is 5.07. The van der Waals surface area contributed by atoms with Crippen LogP contribution in [0.2, 0.25) is 0 Å². The van der Waals surface area contributed by atoms with Crippen LogP contribution < -0.4 is 5.73 Å². The summed E-state index contributed by atoms with van der Waals surface area (Å²) in [6.07, 6.45) is 0. The van der Waals surface area contributed by atoms with Crippen molar-refractivity contribution in [1.82, 2.24) is 0 Å². The molecule has 0 aliphatic heterocycles. The van der Waals surface area contributed by atoms with Gasteiger partial charge in [-0.05, 0) is 6.92 Å².